The minimum absolute atomic E-state index is 0.442. The summed E-state index contributed by atoms with van der Waals surface area (Å²) < 4.78 is 0. The molecule has 1 heteroatoms. The molecule has 0 heterocycles. The van der Waals surface area contributed by atoms with Gasteiger partial charge in [0.05, 0.1) is 0 Å². The largest absolute Gasteiger partial charge is 0.308 e. The highest BCUT2D eigenvalue weighted by atomic mass is 14.9. The molecule has 96 valence electrons. The Morgan fingerprint density at radius 2 is 1.76 bits per heavy atom. The molecule has 1 aromatic rings. The quantitative estimate of drug-likeness (QED) is 0.764. The van der Waals surface area contributed by atoms with Gasteiger partial charge in [-0.15, -0.1) is 0 Å². The van der Waals surface area contributed by atoms with Crippen molar-refractivity contribution in [3.8, 4) is 0 Å². The molecule has 0 radical (unpaired) electrons. The molecule has 0 aromatic heterocycles. The van der Waals surface area contributed by atoms with E-state index in [1.165, 1.54) is 24.0 Å². The van der Waals surface area contributed by atoms with Gasteiger partial charge in [-0.1, -0.05) is 43.7 Å². The Kier molecular flexibility index (Phi) is 5.70. The summed E-state index contributed by atoms with van der Waals surface area (Å²) in [5.41, 5.74) is 2.73. The summed E-state index contributed by atoms with van der Waals surface area (Å²) in [4.78, 5) is 0. The van der Waals surface area contributed by atoms with E-state index in [2.05, 4.69) is 64.2 Å². The van der Waals surface area contributed by atoms with E-state index in [-0.39, 0.29) is 0 Å². The molecule has 0 amide bonds. The van der Waals surface area contributed by atoms with Crippen molar-refractivity contribution in [1.82, 2.24) is 5.32 Å². The number of hydrogen-bond acceptors (Lipinski definition) is 1. The molecule has 0 bridgehead atoms. The minimum atomic E-state index is 0.442. The smallest absolute Gasteiger partial charge is 0.0294 e. The van der Waals surface area contributed by atoms with Gasteiger partial charge < -0.3 is 5.32 Å². The topological polar surface area (TPSA) is 12.0 Å². The third-order valence-corrected chi connectivity index (χ3v) is 3.25. The molecule has 1 aromatic carbocycles. The van der Waals surface area contributed by atoms with Crippen molar-refractivity contribution >= 4 is 0 Å². The van der Waals surface area contributed by atoms with Crippen LogP contribution in [-0.4, -0.2) is 6.04 Å². The van der Waals surface area contributed by atoms with E-state index in [4.69, 9.17) is 0 Å². The number of nitrogens with one attached hydrogen (secondary N) is 1. The molecule has 2 atom stereocenters. The average molecular weight is 233 g/mol. The molecular formula is C16H27N. The van der Waals surface area contributed by atoms with E-state index in [1.807, 2.05) is 0 Å². The first kappa shape index (κ1) is 14.2. The maximum absolute atomic E-state index is 3.68. The Labute approximate surface area is 107 Å². The van der Waals surface area contributed by atoms with E-state index < -0.39 is 0 Å². The van der Waals surface area contributed by atoms with Crippen molar-refractivity contribution in [3.05, 3.63) is 35.4 Å². The molecule has 0 fully saturated rings. The van der Waals surface area contributed by atoms with Crippen LogP contribution in [0.25, 0.3) is 0 Å². The molecule has 17 heavy (non-hydrogen) atoms. The highest BCUT2D eigenvalue weighted by Gasteiger charge is 2.09. The lowest BCUT2D eigenvalue weighted by molar-refractivity contribution is 0.417. The molecule has 1 unspecified atom stereocenters. The molecular weight excluding hydrogens is 206 g/mol. The molecule has 0 aliphatic heterocycles. The van der Waals surface area contributed by atoms with Crippen LogP contribution < -0.4 is 5.32 Å². The normalized spacial score (nSPS) is 14.9. The first-order chi connectivity index (χ1) is 7.99. The molecule has 0 saturated heterocycles. The van der Waals surface area contributed by atoms with Crippen LogP contribution >= 0.6 is 0 Å². The predicted octanol–water partition coefficient (Wildman–Crippen LogP) is 4.47. The summed E-state index contributed by atoms with van der Waals surface area (Å²) in [6.07, 6.45) is 2.56. The highest BCUT2D eigenvalue weighted by Crippen LogP contribution is 2.16. The van der Waals surface area contributed by atoms with Gasteiger partial charge >= 0.3 is 0 Å². The Hall–Kier alpha value is -0.820. The summed E-state index contributed by atoms with van der Waals surface area (Å²) in [5, 5.41) is 3.68. The molecule has 0 saturated carbocycles. The lowest BCUT2D eigenvalue weighted by Gasteiger charge is -2.21. The highest BCUT2D eigenvalue weighted by molar-refractivity contribution is 5.24. The zero-order chi connectivity index (χ0) is 12.8. The standard InChI is InChI=1S/C16H27N/c1-12(2)9-10-14(4)17-15(5)16-8-6-7-13(3)11-16/h6-8,11-12,14-15,17H,9-10H2,1-5H3/t14?,15-/m0/s1. The Balaban J connectivity index is 2.45. The lowest BCUT2D eigenvalue weighted by Crippen LogP contribution is -2.29. The SMILES string of the molecule is Cc1cccc([C@H](C)NC(C)CCC(C)C)c1. The van der Waals surface area contributed by atoms with Gasteiger partial charge in [-0.3, -0.25) is 0 Å². The second-order valence-corrected chi connectivity index (χ2v) is 5.67. The van der Waals surface area contributed by atoms with Crippen molar-refractivity contribution < 1.29 is 0 Å². The van der Waals surface area contributed by atoms with Crippen molar-refractivity contribution in [2.45, 2.75) is 59.5 Å². The van der Waals surface area contributed by atoms with Gasteiger partial charge in [0.25, 0.3) is 0 Å². The van der Waals surface area contributed by atoms with Crippen molar-refractivity contribution in [1.29, 1.82) is 0 Å². The van der Waals surface area contributed by atoms with Crippen LogP contribution in [0.15, 0.2) is 24.3 Å². The van der Waals surface area contributed by atoms with E-state index in [0.29, 0.717) is 12.1 Å². The third-order valence-electron chi connectivity index (χ3n) is 3.25. The van der Waals surface area contributed by atoms with Crippen LogP contribution in [0.2, 0.25) is 0 Å². The minimum Gasteiger partial charge on any atom is -0.308 e. The van der Waals surface area contributed by atoms with Crippen LogP contribution in [-0.2, 0) is 0 Å². The average Bonchev–Trinajstić information content (AvgIpc) is 2.26. The van der Waals surface area contributed by atoms with Crippen LogP contribution in [0.5, 0.6) is 0 Å². The second-order valence-electron chi connectivity index (χ2n) is 5.67. The monoisotopic (exact) mass is 233 g/mol. The Morgan fingerprint density at radius 1 is 1.06 bits per heavy atom. The maximum atomic E-state index is 3.68. The zero-order valence-corrected chi connectivity index (χ0v) is 12.0. The molecule has 1 N–H and O–H groups in total. The van der Waals surface area contributed by atoms with Gasteiger partial charge in [0.1, 0.15) is 0 Å². The first-order valence-electron chi connectivity index (χ1n) is 6.81. The van der Waals surface area contributed by atoms with Crippen LogP contribution in [0.4, 0.5) is 0 Å². The summed E-state index contributed by atoms with van der Waals surface area (Å²) in [7, 11) is 0. The van der Waals surface area contributed by atoms with Crippen molar-refractivity contribution in [2.75, 3.05) is 0 Å². The van der Waals surface area contributed by atoms with Crippen molar-refractivity contribution in [3.63, 3.8) is 0 Å². The molecule has 0 aliphatic rings. The fraction of sp³-hybridized carbons (Fsp3) is 0.625. The third kappa shape index (κ3) is 5.36. The van der Waals surface area contributed by atoms with Gasteiger partial charge in [0, 0.05) is 12.1 Å². The fourth-order valence-electron chi connectivity index (χ4n) is 2.13. The van der Waals surface area contributed by atoms with E-state index >= 15 is 0 Å². The van der Waals surface area contributed by atoms with Crippen LogP contribution in [0.1, 0.15) is 57.7 Å². The molecule has 0 spiro atoms. The Bertz CT molecular complexity index is 330. The van der Waals surface area contributed by atoms with Crippen molar-refractivity contribution in [2.24, 2.45) is 5.92 Å². The van der Waals surface area contributed by atoms with Gasteiger partial charge in [0.2, 0.25) is 0 Å². The number of aryl methyl sites for hydroxylation is 1. The number of hydrogen-bond donors (Lipinski definition) is 1. The zero-order valence-electron chi connectivity index (χ0n) is 12.0. The Morgan fingerprint density at radius 3 is 2.35 bits per heavy atom. The van der Waals surface area contributed by atoms with E-state index in [9.17, 15) is 0 Å². The molecule has 1 rings (SSSR count). The van der Waals surface area contributed by atoms with Gasteiger partial charge in [-0.05, 0) is 45.1 Å². The summed E-state index contributed by atoms with van der Waals surface area (Å²) in [6.45, 7) is 11.3. The maximum Gasteiger partial charge on any atom is 0.0294 e. The van der Waals surface area contributed by atoms with Gasteiger partial charge in [0.15, 0.2) is 0 Å². The van der Waals surface area contributed by atoms with Crippen LogP contribution in [0, 0.1) is 12.8 Å². The second kappa shape index (κ2) is 6.80. The molecule has 1 nitrogen and oxygen atoms in total. The van der Waals surface area contributed by atoms with Gasteiger partial charge in [-0.2, -0.15) is 0 Å². The van der Waals surface area contributed by atoms with Crippen LogP contribution in [0.3, 0.4) is 0 Å². The van der Waals surface area contributed by atoms with E-state index in [0.717, 1.165) is 5.92 Å². The summed E-state index contributed by atoms with van der Waals surface area (Å²) in [5.74, 6) is 0.800. The van der Waals surface area contributed by atoms with E-state index in [1.54, 1.807) is 0 Å². The fourth-order valence-corrected chi connectivity index (χ4v) is 2.13. The molecule has 0 aliphatic carbocycles. The predicted molar refractivity (Wildman–Crippen MR) is 76.3 cm³/mol. The summed E-state index contributed by atoms with van der Waals surface area (Å²) in [6, 6.07) is 9.80. The lowest BCUT2D eigenvalue weighted by atomic mass is 10.0. The number of rotatable bonds is 6. The van der Waals surface area contributed by atoms with Gasteiger partial charge in [-0.25, -0.2) is 0 Å². The summed E-state index contributed by atoms with van der Waals surface area (Å²) >= 11 is 0. The number of benzene rings is 1. The first-order valence-corrected chi connectivity index (χ1v) is 6.81.